The number of alkyl carbamates (subject to hydrolysis) is 1. The number of carboxylic acids is 1. The molecule has 1 aromatic carbocycles. The lowest BCUT2D eigenvalue weighted by molar-refractivity contribution is -0.162. The Hall–Kier alpha value is -3.36. The van der Waals surface area contributed by atoms with Gasteiger partial charge < -0.3 is 24.8 Å². The molecule has 3 rings (SSSR count). The van der Waals surface area contributed by atoms with E-state index in [1.165, 1.54) is 0 Å². The van der Waals surface area contributed by atoms with Crippen LogP contribution in [0.25, 0.3) is 0 Å². The molecule has 1 aromatic rings. The van der Waals surface area contributed by atoms with E-state index < -0.39 is 23.7 Å². The maximum Gasteiger partial charge on any atom is 0.408 e. The van der Waals surface area contributed by atoms with E-state index in [9.17, 15) is 19.2 Å². The molecule has 1 saturated carbocycles. The van der Waals surface area contributed by atoms with Crippen LogP contribution in [0.2, 0.25) is 0 Å². The molecule has 1 aliphatic heterocycles. The van der Waals surface area contributed by atoms with Gasteiger partial charge in [0.1, 0.15) is 18.2 Å². The van der Waals surface area contributed by atoms with E-state index in [2.05, 4.69) is 5.32 Å². The molecule has 0 radical (unpaired) electrons. The number of nitrogens with zero attached hydrogens (tertiary/aromatic N) is 1. The molecular weight excluding hydrogens is 452 g/mol. The topological polar surface area (TPSA) is 122 Å². The number of aliphatic carboxylic acids is 1. The minimum absolute atomic E-state index is 0.105. The summed E-state index contributed by atoms with van der Waals surface area (Å²) in [5.41, 5.74) is 0.232. The van der Waals surface area contributed by atoms with Crippen LogP contribution in [0, 0.1) is 11.8 Å². The number of rotatable bonds is 7. The summed E-state index contributed by atoms with van der Waals surface area (Å²) in [6.07, 6.45) is 3.86. The molecule has 35 heavy (non-hydrogen) atoms. The van der Waals surface area contributed by atoms with E-state index in [1.807, 2.05) is 30.3 Å². The third-order valence-corrected chi connectivity index (χ3v) is 6.23. The predicted molar refractivity (Wildman–Crippen MR) is 127 cm³/mol. The molecule has 0 bridgehead atoms. The Morgan fingerprint density at radius 1 is 1.14 bits per heavy atom. The summed E-state index contributed by atoms with van der Waals surface area (Å²) >= 11 is 0. The summed E-state index contributed by atoms with van der Waals surface area (Å²) in [7, 11) is 0. The average molecular weight is 487 g/mol. The molecule has 9 heteroatoms. The van der Waals surface area contributed by atoms with Crippen LogP contribution in [-0.4, -0.2) is 58.2 Å². The molecule has 1 heterocycles. The van der Waals surface area contributed by atoms with Crippen LogP contribution in [0.5, 0.6) is 0 Å². The summed E-state index contributed by atoms with van der Waals surface area (Å²) in [4.78, 5) is 50.8. The summed E-state index contributed by atoms with van der Waals surface area (Å²) in [5.74, 6) is -2.30. The lowest BCUT2D eigenvalue weighted by Crippen LogP contribution is -2.49. The number of benzene rings is 1. The monoisotopic (exact) mass is 486 g/mol. The van der Waals surface area contributed by atoms with E-state index in [1.54, 1.807) is 31.7 Å². The molecule has 2 aliphatic rings. The maximum atomic E-state index is 13.1. The highest BCUT2D eigenvalue weighted by Crippen LogP contribution is 2.36. The first-order valence-electron chi connectivity index (χ1n) is 11.9. The van der Waals surface area contributed by atoms with Crippen molar-refractivity contribution in [1.29, 1.82) is 0 Å². The molecule has 4 atom stereocenters. The lowest BCUT2D eigenvalue weighted by Gasteiger charge is -2.39. The van der Waals surface area contributed by atoms with Crippen molar-refractivity contribution >= 4 is 23.9 Å². The second-order valence-electron chi connectivity index (χ2n) is 10.1. The molecule has 0 aromatic heterocycles. The third-order valence-electron chi connectivity index (χ3n) is 6.23. The van der Waals surface area contributed by atoms with Gasteiger partial charge in [0.15, 0.2) is 0 Å². The van der Waals surface area contributed by atoms with Crippen LogP contribution in [-0.2, 0) is 30.5 Å². The van der Waals surface area contributed by atoms with Gasteiger partial charge in [-0.25, -0.2) is 9.59 Å². The van der Waals surface area contributed by atoms with Gasteiger partial charge in [-0.15, -0.1) is 0 Å². The van der Waals surface area contributed by atoms with Gasteiger partial charge in [0.05, 0.1) is 5.92 Å². The summed E-state index contributed by atoms with van der Waals surface area (Å²) in [5, 5.41) is 11.8. The van der Waals surface area contributed by atoms with Crippen molar-refractivity contribution in [2.75, 3.05) is 6.54 Å². The molecule has 1 unspecified atom stereocenters. The van der Waals surface area contributed by atoms with Gasteiger partial charge in [-0.3, -0.25) is 9.59 Å². The Morgan fingerprint density at radius 3 is 2.51 bits per heavy atom. The predicted octanol–water partition coefficient (Wildman–Crippen LogP) is 3.28. The molecule has 2 fully saturated rings. The maximum absolute atomic E-state index is 13.1. The molecule has 190 valence electrons. The molecule has 0 spiro atoms. The smallest absolute Gasteiger partial charge is 0.408 e. The van der Waals surface area contributed by atoms with Crippen molar-refractivity contribution in [2.45, 2.75) is 70.7 Å². The van der Waals surface area contributed by atoms with E-state index >= 15 is 0 Å². The molecule has 2 amide bonds. The van der Waals surface area contributed by atoms with Crippen molar-refractivity contribution in [3.8, 4) is 0 Å². The number of amides is 2. The van der Waals surface area contributed by atoms with Crippen molar-refractivity contribution in [3.05, 3.63) is 48.0 Å². The number of ether oxygens (including phenoxy) is 2. The number of carbonyl (C=O) groups is 4. The van der Waals surface area contributed by atoms with Gasteiger partial charge in [-0.1, -0.05) is 36.4 Å². The number of nitrogens with one attached hydrogen (secondary N) is 1. The molecule has 1 aliphatic carbocycles. The summed E-state index contributed by atoms with van der Waals surface area (Å²) in [6.45, 7) is 5.95. The fraction of sp³-hybridized carbons (Fsp3) is 0.538. The van der Waals surface area contributed by atoms with Gasteiger partial charge in [0.25, 0.3) is 0 Å². The van der Waals surface area contributed by atoms with E-state index in [-0.39, 0.29) is 36.4 Å². The van der Waals surface area contributed by atoms with Crippen molar-refractivity contribution in [2.24, 2.45) is 11.8 Å². The Bertz CT molecular complexity index is 954. The van der Waals surface area contributed by atoms with Crippen LogP contribution in [0.15, 0.2) is 42.5 Å². The van der Waals surface area contributed by atoms with Crippen LogP contribution in [0.1, 0.15) is 52.0 Å². The van der Waals surface area contributed by atoms with Gasteiger partial charge in [0, 0.05) is 18.7 Å². The van der Waals surface area contributed by atoms with Crippen molar-refractivity contribution in [1.82, 2.24) is 10.2 Å². The minimum atomic E-state index is -1.09. The number of esters is 1. The fourth-order valence-corrected chi connectivity index (χ4v) is 4.66. The fourth-order valence-electron chi connectivity index (χ4n) is 4.66. The number of hydrogen-bond acceptors (Lipinski definition) is 6. The zero-order chi connectivity index (χ0) is 25.6. The van der Waals surface area contributed by atoms with Crippen LogP contribution >= 0.6 is 0 Å². The number of likely N-dealkylation sites (tertiary alicyclic amines) is 1. The second kappa shape index (κ2) is 11.4. The highest BCUT2D eigenvalue weighted by Gasteiger charge is 2.43. The first-order valence-corrected chi connectivity index (χ1v) is 11.9. The Labute approximate surface area is 205 Å². The Kier molecular flexibility index (Phi) is 8.53. The first kappa shape index (κ1) is 26.2. The van der Waals surface area contributed by atoms with Gasteiger partial charge >= 0.3 is 18.0 Å². The average Bonchev–Trinajstić information content (AvgIpc) is 3.15. The number of carboxylic acid groups (broad SMARTS) is 1. The van der Waals surface area contributed by atoms with E-state index in [4.69, 9.17) is 14.6 Å². The van der Waals surface area contributed by atoms with Crippen molar-refractivity contribution in [3.63, 3.8) is 0 Å². The van der Waals surface area contributed by atoms with Crippen LogP contribution < -0.4 is 5.32 Å². The SMILES string of the molecule is CC(C)(C)OC(=O)[C@@H]1CC[C@H](N2CC[C@H](NC(=O)OCc3ccccc3)C2=O)C(/C=C/C(=O)O)C1. The van der Waals surface area contributed by atoms with Gasteiger partial charge in [-0.05, 0) is 57.9 Å². The lowest BCUT2D eigenvalue weighted by atomic mass is 9.77. The Balaban J connectivity index is 1.61. The van der Waals surface area contributed by atoms with Gasteiger partial charge in [-0.2, -0.15) is 0 Å². The molecular formula is C26H34N2O7. The number of carbonyl (C=O) groups excluding carboxylic acids is 3. The first-order chi connectivity index (χ1) is 16.5. The summed E-state index contributed by atoms with van der Waals surface area (Å²) < 4.78 is 10.8. The van der Waals surface area contributed by atoms with E-state index in [0.29, 0.717) is 32.2 Å². The van der Waals surface area contributed by atoms with Crippen LogP contribution in [0.3, 0.4) is 0 Å². The second-order valence-corrected chi connectivity index (χ2v) is 10.1. The van der Waals surface area contributed by atoms with Gasteiger partial charge in [0.2, 0.25) is 5.91 Å². The van der Waals surface area contributed by atoms with Crippen LogP contribution in [0.4, 0.5) is 4.79 Å². The normalized spacial score (nSPS) is 24.9. The molecule has 9 nitrogen and oxygen atoms in total. The zero-order valence-corrected chi connectivity index (χ0v) is 20.4. The number of hydrogen-bond donors (Lipinski definition) is 2. The summed E-state index contributed by atoms with van der Waals surface area (Å²) in [6, 6.07) is 8.29. The zero-order valence-electron chi connectivity index (χ0n) is 20.4. The quantitative estimate of drug-likeness (QED) is 0.448. The standard InChI is InChI=1S/C26H34N2O7/c1-26(2,3)35-24(32)19-9-11-21(18(15-19)10-12-22(29)30)28-14-13-20(23(28)31)27-25(33)34-16-17-7-5-4-6-8-17/h4-8,10,12,18-21H,9,11,13-16H2,1-3H3,(H,27,33)(H,29,30)/b12-10+/t18?,19-,20+,21+/m1/s1. The highest BCUT2D eigenvalue weighted by atomic mass is 16.6. The largest absolute Gasteiger partial charge is 0.478 e. The molecule has 2 N–H and O–H groups in total. The third kappa shape index (κ3) is 7.56. The minimum Gasteiger partial charge on any atom is -0.478 e. The molecule has 1 saturated heterocycles. The van der Waals surface area contributed by atoms with E-state index in [0.717, 1.165) is 11.6 Å². The highest BCUT2D eigenvalue weighted by molar-refractivity contribution is 5.88. The Morgan fingerprint density at radius 2 is 1.86 bits per heavy atom. The van der Waals surface area contributed by atoms with Crippen molar-refractivity contribution < 1.29 is 33.8 Å².